The summed E-state index contributed by atoms with van der Waals surface area (Å²) in [5.74, 6) is 0.00382. The fraction of sp³-hybridized carbons (Fsp3) is 0.500. The first-order valence-electron chi connectivity index (χ1n) is 5.74. The number of sulfonamides is 1. The van der Waals surface area contributed by atoms with Crippen molar-refractivity contribution in [1.29, 1.82) is 0 Å². The Morgan fingerprint density at radius 1 is 1.58 bits per heavy atom. The predicted molar refractivity (Wildman–Crippen MR) is 73.8 cm³/mol. The van der Waals surface area contributed by atoms with Crippen LogP contribution in [0.25, 0.3) is 4.96 Å². The molecule has 0 aliphatic heterocycles. The molecule has 3 N–H and O–H groups in total. The Bertz CT molecular complexity index is 659. The zero-order valence-electron chi connectivity index (χ0n) is 10.7. The molecular weight excluding hydrogens is 288 g/mol. The van der Waals surface area contributed by atoms with Crippen LogP contribution in [-0.4, -0.2) is 37.1 Å². The summed E-state index contributed by atoms with van der Waals surface area (Å²) in [6.45, 7) is 4.27. The van der Waals surface area contributed by atoms with Gasteiger partial charge in [0.15, 0.2) is 15.8 Å². The number of imidazole rings is 1. The van der Waals surface area contributed by atoms with Gasteiger partial charge in [-0.1, -0.05) is 0 Å². The summed E-state index contributed by atoms with van der Waals surface area (Å²) >= 11 is 1.33. The molecule has 19 heavy (non-hydrogen) atoms. The average molecular weight is 304 g/mol. The van der Waals surface area contributed by atoms with E-state index in [1.165, 1.54) is 15.7 Å². The smallest absolute Gasteiger partial charge is 0.260 e. The van der Waals surface area contributed by atoms with E-state index < -0.39 is 10.0 Å². The minimum Gasteiger partial charge on any atom is -0.381 e. The molecule has 2 aromatic heterocycles. The quantitative estimate of drug-likeness (QED) is 0.765. The normalized spacial score (nSPS) is 12.6. The summed E-state index contributed by atoms with van der Waals surface area (Å²) in [6, 6.07) is 0. The molecule has 0 radical (unpaired) electrons. The molecule has 0 saturated carbocycles. The number of fused-ring (bicyclic) bond motifs is 1. The van der Waals surface area contributed by atoms with E-state index in [0.29, 0.717) is 11.6 Å². The van der Waals surface area contributed by atoms with Gasteiger partial charge in [-0.05, 0) is 13.8 Å². The van der Waals surface area contributed by atoms with Gasteiger partial charge in [-0.15, -0.1) is 11.3 Å². The van der Waals surface area contributed by atoms with Gasteiger partial charge in [-0.25, -0.2) is 18.1 Å². The number of hydrogen-bond acceptors (Lipinski definition) is 6. The van der Waals surface area contributed by atoms with Crippen LogP contribution in [0, 0.1) is 0 Å². The van der Waals surface area contributed by atoms with E-state index >= 15 is 0 Å². The van der Waals surface area contributed by atoms with Crippen LogP contribution < -0.4 is 10.5 Å². The molecule has 0 saturated heterocycles. The molecule has 0 aromatic carbocycles. The molecule has 0 unspecified atom stereocenters. The fourth-order valence-electron chi connectivity index (χ4n) is 1.59. The fourth-order valence-corrected chi connectivity index (χ4v) is 3.58. The van der Waals surface area contributed by atoms with Crippen molar-refractivity contribution in [3.05, 3.63) is 11.6 Å². The number of thiazole rings is 1. The highest BCUT2D eigenvalue weighted by molar-refractivity contribution is 7.89. The number of rotatable bonds is 6. The summed E-state index contributed by atoms with van der Waals surface area (Å²) in [6.07, 6.45) is 1.69. The van der Waals surface area contributed by atoms with Crippen LogP contribution >= 0.6 is 11.3 Å². The van der Waals surface area contributed by atoms with Crippen molar-refractivity contribution in [2.45, 2.75) is 25.0 Å². The highest BCUT2D eigenvalue weighted by Gasteiger charge is 2.23. The summed E-state index contributed by atoms with van der Waals surface area (Å²) < 4.78 is 33.5. The maximum absolute atomic E-state index is 12.2. The van der Waals surface area contributed by atoms with E-state index in [1.54, 1.807) is 11.6 Å². The Morgan fingerprint density at radius 2 is 2.32 bits per heavy atom. The Kier molecular flexibility index (Phi) is 4.09. The van der Waals surface area contributed by atoms with Gasteiger partial charge in [-0.3, -0.25) is 4.40 Å². The van der Waals surface area contributed by atoms with Crippen molar-refractivity contribution in [3.63, 3.8) is 0 Å². The lowest BCUT2D eigenvalue weighted by Crippen LogP contribution is -2.29. The third kappa shape index (κ3) is 3.06. The number of hydrogen-bond donors (Lipinski definition) is 2. The maximum Gasteiger partial charge on any atom is 0.260 e. The summed E-state index contributed by atoms with van der Waals surface area (Å²) in [4.78, 5) is 4.56. The van der Waals surface area contributed by atoms with Gasteiger partial charge in [0.25, 0.3) is 10.0 Å². The molecule has 0 aliphatic carbocycles. The van der Waals surface area contributed by atoms with Gasteiger partial charge in [0.05, 0.1) is 12.7 Å². The second-order valence-electron chi connectivity index (χ2n) is 4.18. The standard InChI is InChI=1S/C10H16N4O3S2/c1-7(2)17-5-3-12-19(15,16)9-8(11)13-10-14(9)4-6-18-10/h4,6-7,12H,3,5,11H2,1-2H3. The van der Waals surface area contributed by atoms with Gasteiger partial charge in [0.2, 0.25) is 0 Å². The lowest BCUT2D eigenvalue weighted by atomic mass is 10.5. The van der Waals surface area contributed by atoms with Crippen LogP contribution in [0.2, 0.25) is 0 Å². The van der Waals surface area contributed by atoms with Crippen LogP contribution in [0.15, 0.2) is 16.6 Å². The molecule has 2 heterocycles. The molecule has 106 valence electrons. The zero-order valence-corrected chi connectivity index (χ0v) is 12.3. The van der Waals surface area contributed by atoms with Crippen molar-refractivity contribution in [2.75, 3.05) is 18.9 Å². The molecular formula is C10H16N4O3S2. The van der Waals surface area contributed by atoms with E-state index in [0.717, 1.165) is 0 Å². The first kappa shape index (κ1) is 14.3. The maximum atomic E-state index is 12.2. The predicted octanol–water partition coefficient (Wildman–Crippen LogP) is 0.681. The summed E-state index contributed by atoms with van der Waals surface area (Å²) in [7, 11) is -3.69. The second kappa shape index (κ2) is 5.45. The average Bonchev–Trinajstić information content (AvgIpc) is 2.83. The number of ether oxygens (including phenoxy) is 1. The van der Waals surface area contributed by atoms with Crippen LogP contribution in [0.5, 0.6) is 0 Å². The van der Waals surface area contributed by atoms with Gasteiger partial charge < -0.3 is 10.5 Å². The van der Waals surface area contributed by atoms with Crippen molar-refractivity contribution >= 4 is 32.1 Å². The highest BCUT2D eigenvalue weighted by atomic mass is 32.2. The largest absolute Gasteiger partial charge is 0.381 e. The number of aromatic nitrogens is 2. The highest BCUT2D eigenvalue weighted by Crippen LogP contribution is 2.22. The lowest BCUT2D eigenvalue weighted by Gasteiger charge is -2.09. The molecule has 0 bridgehead atoms. The van der Waals surface area contributed by atoms with Crippen molar-refractivity contribution < 1.29 is 13.2 Å². The van der Waals surface area contributed by atoms with Crippen LogP contribution in [0.4, 0.5) is 5.82 Å². The number of nitrogens with zero attached hydrogens (tertiary/aromatic N) is 2. The molecule has 7 nitrogen and oxygen atoms in total. The SMILES string of the molecule is CC(C)OCCNS(=O)(=O)c1c(N)nc2sccn12. The van der Waals surface area contributed by atoms with Gasteiger partial charge in [0, 0.05) is 18.1 Å². The monoisotopic (exact) mass is 304 g/mol. The van der Waals surface area contributed by atoms with Crippen LogP contribution in [0.1, 0.15) is 13.8 Å². The van der Waals surface area contributed by atoms with Gasteiger partial charge in [-0.2, -0.15) is 0 Å². The molecule has 0 aliphatic rings. The Balaban J connectivity index is 2.15. The van der Waals surface area contributed by atoms with Gasteiger partial charge in [0.1, 0.15) is 0 Å². The van der Waals surface area contributed by atoms with Crippen molar-refractivity contribution in [1.82, 2.24) is 14.1 Å². The second-order valence-corrected chi connectivity index (χ2v) is 6.73. The van der Waals surface area contributed by atoms with E-state index in [9.17, 15) is 8.42 Å². The lowest BCUT2D eigenvalue weighted by molar-refractivity contribution is 0.0834. The molecule has 9 heteroatoms. The number of nitrogens with two attached hydrogens (primary N) is 1. The molecule has 0 amide bonds. The third-order valence-corrected chi connectivity index (χ3v) is 4.60. The number of nitrogens with one attached hydrogen (secondary N) is 1. The molecule has 2 rings (SSSR count). The Hall–Kier alpha value is -1.16. The van der Waals surface area contributed by atoms with Crippen LogP contribution in [-0.2, 0) is 14.8 Å². The van der Waals surface area contributed by atoms with E-state index in [1.807, 2.05) is 13.8 Å². The summed E-state index contributed by atoms with van der Waals surface area (Å²) in [5, 5.41) is 1.73. The first-order valence-corrected chi connectivity index (χ1v) is 8.10. The van der Waals surface area contributed by atoms with E-state index in [-0.39, 0.29) is 23.5 Å². The molecule has 0 fully saturated rings. The Morgan fingerprint density at radius 3 is 3.00 bits per heavy atom. The topological polar surface area (TPSA) is 98.7 Å². The summed E-state index contributed by atoms with van der Waals surface area (Å²) in [5.41, 5.74) is 5.66. The minimum atomic E-state index is -3.69. The Labute approximate surface area is 115 Å². The molecule has 0 atom stereocenters. The zero-order chi connectivity index (χ0) is 14.0. The molecule has 2 aromatic rings. The number of nitrogen functional groups attached to an aromatic ring is 1. The number of anilines is 1. The van der Waals surface area contributed by atoms with Crippen molar-refractivity contribution in [3.8, 4) is 0 Å². The van der Waals surface area contributed by atoms with E-state index in [4.69, 9.17) is 10.5 Å². The van der Waals surface area contributed by atoms with Crippen LogP contribution in [0.3, 0.4) is 0 Å². The third-order valence-electron chi connectivity index (χ3n) is 2.34. The van der Waals surface area contributed by atoms with Crippen molar-refractivity contribution in [2.24, 2.45) is 0 Å². The minimum absolute atomic E-state index is 0.00382. The van der Waals surface area contributed by atoms with E-state index in [2.05, 4.69) is 9.71 Å². The first-order chi connectivity index (χ1) is 8.92. The molecule has 0 spiro atoms. The van der Waals surface area contributed by atoms with Gasteiger partial charge >= 0.3 is 0 Å².